The summed E-state index contributed by atoms with van der Waals surface area (Å²) < 4.78 is 45.7. The van der Waals surface area contributed by atoms with E-state index in [9.17, 15) is 18.0 Å². The molecule has 0 aromatic carbocycles. The number of halogens is 3. The maximum atomic E-state index is 13.1. The summed E-state index contributed by atoms with van der Waals surface area (Å²) in [5, 5.41) is 0. The minimum atomic E-state index is -4.54. The topological polar surface area (TPSA) is 59.7 Å². The van der Waals surface area contributed by atoms with E-state index in [2.05, 4.69) is 9.97 Å². The number of ether oxygens (including phenoxy) is 1. The van der Waals surface area contributed by atoms with Gasteiger partial charge in [0.05, 0.1) is 0 Å². The van der Waals surface area contributed by atoms with Crippen molar-refractivity contribution >= 4 is 11.7 Å². The van der Waals surface area contributed by atoms with Crippen LogP contribution in [0, 0.1) is 0 Å². The van der Waals surface area contributed by atoms with Crippen molar-refractivity contribution in [2.45, 2.75) is 24.9 Å². The molecule has 0 bridgehead atoms. The van der Waals surface area contributed by atoms with E-state index >= 15 is 0 Å². The third-order valence-electron chi connectivity index (χ3n) is 4.16. The van der Waals surface area contributed by atoms with Crippen LogP contribution in [-0.4, -0.2) is 52.0 Å². The Labute approximate surface area is 136 Å². The molecule has 2 aromatic heterocycles. The molecule has 1 amide bonds. The summed E-state index contributed by atoms with van der Waals surface area (Å²) in [5.41, 5.74) is -0.490. The van der Waals surface area contributed by atoms with Crippen molar-refractivity contribution in [2.24, 2.45) is 0 Å². The molecule has 0 unspecified atom stereocenters. The first-order chi connectivity index (χ1) is 11.4. The van der Waals surface area contributed by atoms with Crippen molar-refractivity contribution in [2.75, 3.05) is 26.8 Å². The Kier molecular flexibility index (Phi) is 4.44. The number of nitrogens with zero attached hydrogens (tertiary/aromatic N) is 4. The summed E-state index contributed by atoms with van der Waals surface area (Å²) >= 11 is 0. The molecule has 2 aromatic rings. The Morgan fingerprint density at radius 3 is 2.96 bits per heavy atom. The number of alkyl halides is 3. The van der Waals surface area contributed by atoms with Gasteiger partial charge in [-0.2, -0.15) is 13.2 Å². The van der Waals surface area contributed by atoms with Gasteiger partial charge in [0.15, 0.2) is 0 Å². The van der Waals surface area contributed by atoms with E-state index in [4.69, 9.17) is 4.74 Å². The molecule has 0 aliphatic carbocycles. The highest BCUT2D eigenvalue weighted by atomic mass is 19.4. The Hall–Kier alpha value is -2.16. The molecule has 1 fully saturated rings. The third kappa shape index (κ3) is 3.21. The lowest BCUT2D eigenvalue weighted by molar-refractivity contribution is -0.141. The summed E-state index contributed by atoms with van der Waals surface area (Å²) in [7, 11) is 1.44. The molecule has 3 rings (SSSR count). The monoisotopic (exact) mass is 342 g/mol. The van der Waals surface area contributed by atoms with Gasteiger partial charge in [-0.1, -0.05) is 0 Å². The second-order valence-corrected chi connectivity index (χ2v) is 5.77. The fourth-order valence-corrected chi connectivity index (χ4v) is 3.05. The molecule has 0 N–H and O–H groups in total. The number of aromatic nitrogens is 3. The van der Waals surface area contributed by atoms with Crippen molar-refractivity contribution in [3.63, 3.8) is 0 Å². The van der Waals surface area contributed by atoms with Gasteiger partial charge < -0.3 is 9.64 Å². The molecule has 3 heterocycles. The smallest absolute Gasteiger partial charge is 0.375 e. The van der Waals surface area contributed by atoms with Gasteiger partial charge in [-0.05, 0) is 18.9 Å². The van der Waals surface area contributed by atoms with Crippen LogP contribution in [0.3, 0.4) is 0 Å². The standard InChI is InChI=1S/C15H17F3N4O2/c1-24-9-13(23)21-5-2-3-10(8-21)11-7-12(15(16,17)18)20-14-19-4-6-22(11)14/h4,6-7,10H,2-3,5,8-9H2,1H3/t10-/m1/s1. The summed E-state index contributed by atoms with van der Waals surface area (Å²) in [6, 6.07) is 1.06. The molecule has 1 aliphatic heterocycles. The maximum Gasteiger partial charge on any atom is 0.433 e. The van der Waals surface area contributed by atoms with E-state index in [1.54, 1.807) is 15.5 Å². The number of methoxy groups -OCH3 is 1. The van der Waals surface area contributed by atoms with Gasteiger partial charge in [0.1, 0.15) is 12.3 Å². The number of amides is 1. The second-order valence-electron chi connectivity index (χ2n) is 5.77. The minimum absolute atomic E-state index is 0.0140. The Morgan fingerprint density at radius 1 is 1.46 bits per heavy atom. The minimum Gasteiger partial charge on any atom is -0.375 e. The van der Waals surface area contributed by atoms with Gasteiger partial charge in [0.25, 0.3) is 0 Å². The second kappa shape index (κ2) is 6.39. The van der Waals surface area contributed by atoms with Gasteiger partial charge in [0, 0.05) is 44.2 Å². The number of piperidine rings is 1. The Bertz CT molecular complexity index is 744. The zero-order valence-electron chi connectivity index (χ0n) is 13.1. The first-order valence-electron chi connectivity index (χ1n) is 7.58. The average Bonchev–Trinajstić information content (AvgIpc) is 3.02. The molecule has 1 saturated heterocycles. The van der Waals surface area contributed by atoms with Crippen LogP contribution >= 0.6 is 0 Å². The van der Waals surface area contributed by atoms with Gasteiger partial charge in [-0.3, -0.25) is 9.20 Å². The lowest BCUT2D eigenvalue weighted by Crippen LogP contribution is -2.41. The summed E-state index contributed by atoms with van der Waals surface area (Å²) in [5.74, 6) is -0.352. The van der Waals surface area contributed by atoms with E-state index in [0.29, 0.717) is 25.2 Å². The molecule has 0 saturated carbocycles. The SMILES string of the molecule is COCC(=O)N1CCC[C@@H](c2cc(C(F)(F)F)nc3nccn23)C1. The van der Waals surface area contributed by atoms with E-state index < -0.39 is 11.9 Å². The summed E-state index contributed by atoms with van der Waals surface area (Å²) in [6.07, 6.45) is -0.107. The predicted octanol–water partition coefficient (Wildman–Crippen LogP) is 2.10. The molecular weight excluding hydrogens is 325 g/mol. The number of likely N-dealkylation sites (tertiary alicyclic amines) is 1. The summed E-state index contributed by atoms with van der Waals surface area (Å²) in [6.45, 7) is 0.914. The van der Waals surface area contributed by atoms with Crippen LogP contribution in [-0.2, 0) is 15.7 Å². The molecule has 130 valence electrons. The fourth-order valence-electron chi connectivity index (χ4n) is 3.05. The average molecular weight is 342 g/mol. The zero-order valence-corrected chi connectivity index (χ0v) is 13.1. The van der Waals surface area contributed by atoms with Crippen LogP contribution in [0.25, 0.3) is 5.78 Å². The van der Waals surface area contributed by atoms with E-state index in [1.807, 2.05) is 0 Å². The van der Waals surface area contributed by atoms with Crippen LogP contribution in [0.2, 0.25) is 0 Å². The number of fused-ring (bicyclic) bond motifs is 1. The number of imidazole rings is 1. The van der Waals surface area contributed by atoms with Crippen molar-refractivity contribution in [1.29, 1.82) is 0 Å². The van der Waals surface area contributed by atoms with Crippen molar-refractivity contribution in [3.05, 3.63) is 29.8 Å². The van der Waals surface area contributed by atoms with E-state index in [-0.39, 0.29) is 24.2 Å². The van der Waals surface area contributed by atoms with Crippen molar-refractivity contribution in [1.82, 2.24) is 19.3 Å². The van der Waals surface area contributed by atoms with Crippen LogP contribution in [0.1, 0.15) is 30.1 Å². The largest absolute Gasteiger partial charge is 0.433 e. The number of carbonyl (C=O) groups is 1. The molecule has 24 heavy (non-hydrogen) atoms. The fraction of sp³-hybridized carbons (Fsp3) is 0.533. The van der Waals surface area contributed by atoms with Gasteiger partial charge in [-0.15, -0.1) is 0 Å². The molecule has 6 nitrogen and oxygen atoms in total. The Morgan fingerprint density at radius 2 is 2.25 bits per heavy atom. The molecule has 9 heteroatoms. The normalized spacial score (nSPS) is 19.0. The molecular formula is C15H17F3N4O2. The third-order valence-corrected chi connectivity index (χ3v) is 4.16. The highest BCUT2D eigenvalue weighted by Crippen LogP contribution is 2.33. The van der Waals surface area contributed by atoms with E-state index in [1.165, 1.54) is 13.3 Å². The number of carbonyl (C=O) groups excluding carboxylic acids is 1. The first kappa shape index (κ1) is 16.7. The van der Waals surface area contributed by atoms with Gasteiger partial charge >= 0.3 is 6.18 Å². The first-order valence-corrected chi connectivity index (χ1v) is 7.58. The number of hydrogen-bond donors (Lipinski definition) is 0. The van der Waals surface area contributed by atoms with Gasteiger partial charge in [0.2, 0.25) is 11.7 Å². The van der Waals surface area contributed by atoms with Crippen LogP contribution in [0.5, 0.6) is 0 Å². The van der Waals surface area contributed by atoms with Crippen molar-refractivity contribution in [3.8, 4) is 0 Å². The molecule has 1 atom stereocenters. The van der Waals surface area contributed by atoms with E-state index in [0.717, 1.165) is 12.5 Å². The number of hydrogen-bond acceptors (Lipinski definition) is 4. The highest BCUT2D eigenvalue weighted by Gasteiger charge is 2.35. The maximum absolute atomic E-state index is 13.1. The lowest BCUT2D eigenvalue weighted by atomic mass is 9.93. The molecule has 1 aliphatic rings. The highest BCUT2D eigenvalue weighted by molar-refractivity contribution is 5.77. The Balaban J connectivity index is 1.96. The molecule has 0 radical (unpaired) electrons. The predicted molar refractivity (Wildman–Crippen MR) is 78.4 cm³/mol. The lowest BCUT2D eigenvalue weighted by Gasteiger charge is -2.33. The van der Waals surface area contributed by atoms with Crippen LogP contribution < -0.4 is 0 Å². The quantitative estimate of drug-likeness (QED) is 0.857. The number of rotatable bonds is 3. The van der Waals surface area contributed by atoms with Crippen LogP contribution in [0.4, 0.5) is 13.2 Å². The van der Waals surface area contributed by atoms with Crippen molar-refractivity contribution < 1.29 is 22.7 Å². The molecule has 0 spiro atoms. The summed E-state index contributed by atoms with van der Waals surface area (Å²) in [4.78, 5) is 21.1. The van der Waals surface area contributed by atoms with Gasteiger partial charge in [-0.25, -0.2) is 9.97 Å². The van der Waals surface area contributed by atoms with Crippen LogP contribution in [0.15, 0.2) is 18.5 Å². The zero-order chi connectivity index (χ0) is 17.3.